The molecule has 2 unspecified atom stereocenters. The van der Waals surface area contributed by atoms with Crippen LogP contribution in [0, 0.1) is 0 Å². The third-order valence-corrected chi connectivity index (χ3v) is 5.08. The van der Waals surface area contributed by atoms with Gasteiger partial charge in [0.25, 0.3) is 0 Å². The van der Waals surface area contributed by atoms with Crippen LogP contribution >= 0.6 is 11.8 Å². The summed E-state index contributed by atoms with van der Waals surface area (Å²) in [7, 11) is 1.64. The van der Waals surface area contributed by atoms with Gasteiger partial charge in [0.2, 0.25) is 11.8 Å². The molecule has 0 saturated carbocycles. The summed E-state index contributed by atoms with van der Waals surface area (Å²) in [6.07, 6.45) is 2.22. The monoisotopic (exact) mass is 272 g/mol. The smallest absolute Gasteiger partial charge is 0.243 e. The van der Waals surface area contributed by atoms with E-state index in [9.17, 15) is 9.59 Å². The van der Waals surface area contributed by atoms with Crippen molar-refractivity contribution in [3.05, 3.63) is 0 Å². The average Bonchev–Trinajstić information content (AvgIpc) is 2.83. The number of methoxy groups -OCH3 is 1. The number of nitrogens with zero attached hydrogens (tertiary/aromatic N) is 1. The summed E-state index contributed by atoms with van der Waals surface area (Å²) < 4.78 is 4.93. The fourth-order valence-corrected chi connectivity index (χ4v) is 3.99. The van der Waals surface area contributed by atoms with Gasteiger partial charge >= 0.3 is 0 Å². The van der Waals surface area contributed by atoms with Crippen LogP contribution in [-0.4, -0.2) is 53.6 Å². The summed E-state index contributed by atoms with van der Waals surface area (Å²) in [6.45, 7) is 3.30. The SMILES string of the molecule is COCCCNC(=O)C1CSC2(C)CCC(=O)N12. The van der Waals surface area contributed by atoms with Gasteiger partial charge in [-0.25, -0.2) is 0 Å². The maximum atomic E-state index is 12.1. The van der Waals surface area contributed by atoms with Gasteiger partial charge in [-0.15, -0.1) is 11.8 Å². The largest absolute Gasteiger partial charge is 0.385 e. The number of fused-ring (bicyclic) bond motifs is 1. The number of rotatable bonds is 5. The molecule has 0 spiro atoms. The van der Waals surface area contributed by atoms with Crippen LogP contribution in [0.3, 0.4) is 0 Å². The molecular formula is C12H20N2O3S. The number of hydrogen-bond donors (Lipinski definition) is 1. The van der Waals surface area contributed by atoms with Gasteiger partial charge in [0.05, 0.1) is 4.87 Å². The maximum Gasteiger partial charge on any atom is 0.243 e. The molecule has 2 rings (SSSR count). The van der Waals surface area contributed by atoms with E-state index >= 15 is 0 Å². The predicted molar refractivity (Wildman–Crippen MR) is 70.2 cm³/mol. The van der Waals surface area contributed by atoms with Crippen LogP contribution in [0.5, 0.6) is 0 Å². The Morgan fingerprint density at radius 1 is 1.67 bits per heavy atom. The second kappa shape index (κ2) is 5.48. The first kappa shape index (κ1) is 13.7. The molecule has 2 atom stereocenters. The van der Waals surface area contributed by atoms with Gasteiger partial charge in [-0.05, 0) is 19.8 Å². The summed E-state index contributed by atoms with van der Waals surface area (Å²) >= 11 is 1.72. The molecule has 5 nitrogen and oxygen atoms in total. The molecular weight excluding hydrogens is 252 g/mol. The lowest BCUT2D eigenvalue weighted by atomic mass is 10.2. The lowest BCUT2D eigenvalue weighted by molar-refractivity contribution is -0.137. The van der Waals surface area contributed by atoms with E-state index in [1.54, 1.807) is 23.8 Å². The summed E-state index contributed by atoms with van der Waals surface area (Å²) in [5, 5.41) is 2.88. The van der Waals surface area contributed by atoms with E-state index in [2.05, 4.69) is 12.2 Å². The lowest BCUT2D eigenvalue weighted by Crippen LogP contribution is -2.50. The Morgan fingerprint density at radius 2 is 2.44 bits per heavy atom. The molecule has 2 aliphatic rings. The fraction of sp³-hybridized carbons (Fsp3) is 0.833. The van der Waals surface area contributed by atoms with Gasteiger partial charge in [0.1, 0.15) is 6.04 Å². The lowest BCUT2D eigenvalue weighted by Gasteiger charge is -2.29. The highest BCUT2D eigenvalue weighted by molar-refractivity contribution is 8.01. The van der Waals surface area contributed by atoms with Crippen molar-refractivity contribution in [3.8, 4) is 0 Å². The van der Waals surface area contributed by atoms with E-state index in [-0.39, 0.29) is 22.7 Å². The maximum absolute atomic E-state index is 12.1. The summed E-state index contributed by atoms with van der Waals surface area (Å²) in [5.74, 6) is 0.787. The Labute approximate surface area is 112 Å². The summed E-state index contributed by atoms with van der Waals surface area (Å²) in [4.78, 5) is 25.6. The normalized spacial score (nSPS) is 30.7. The Morgan fingerprint density at radius 3 is 3.17 bits per heavy atom. The number of carbonyl (C=O) groups is 2. The van der Waals surface area contributed by atoms with E-state index in [1.165, 1.54) is 0 Å². The molecule has 0 aromatic carbocycles. The van der Waals surface area contributed by atoms with Crippen molar-refractivity contribution >= 4 is 23.6 Å². The van der Waals surface area contributed by atoms with Gasteiger partial charge in [-0.1, -0.05) is 0 Å². The highest BCUT2D eigenvalue weighted by atomic mass is 32.2. The van der Waals surface area contributed by atoms with Crippen LogP contribution in [0.2, 0.25) is 0 Å². The molecule has 0 radical (unpaired) electrons. The number of carbonyl (C=O) groups excluding carboxylic acids is 2. The Bertz CT molecular complexity index is 350. The minimum atomic E-state index is -0.294. The topological polar surface area (TPSA) is 58.6 Å². The first-order valence-electron chi connectivity index (χ1n) is 6.31. The molecule has 0 bridgehead atoms. The van der Waals surface area contributed by atoms with Crippen LogP contribution in [0.15, 0.2) is 0 Å². The molecule has 102 valence electrons. The Kier molecular flexibility index (Phi) is 4.17. The van der Waals surface area contributed by atoms with Crippen LogP contribution in [0.25, 0.3) is 0 Å². The van der Waals surface area contributed by atoms with Gasteiger partial charge < -0.3 is 15.0 Å². The summed E-state index contributed by atoms with van der Waals surface area (Å²) in [5.41, 5.74) is 0. The van der Waals surface area contributed by atoms with E-state index in [0.29, 0.717) is 25.3 Å². The van der Waals surface area contributed by atoms with Gasteiger partial charge in [0, 0.05) is 32.4 Å². The minimum Gasteiger partial charge on any atom is -0.385 e. The standard InChI is InChI=1S/C12H20N2O3S/c1-12-5-4-10(15)14(12)9(8-18-12)11(16)13-6-3-7-17-2/h9H,3-8H2,1-2H3,(H,13,16). The quantitative estimate of drug-likeness (QED) is 0.744. The Balaban J connectivity index is 1.89. The molecule has 2 fully saturated rings. The van der Waals surface area contributed by atoms with Gasteiger partial charge in [0.15, 0.2) is 0 Å². The van der Waals surface area contributed by atoms with Crippen LogP contribution < -0.4 is 5.32 Å². The van der Waals surface area contributed by atoms with E-state index in [4.69, 9.17) is 4.74 Å². The second-order valence-electron chi connectivity index (χ2n) is 4.90. The zero-order valence-electron chi connectivity index (χ0n) is 10.9. The Hall–Kier alpha value is -0.750. The predicted octanol–water partition coefficient (Wildman–Crippen LogP) is 0.593. The fourth-order valence-electron chi connectivity index (χ4n) is 2.56. The number of hydrogen-bond acceptors (Lipinski definition) is 4. The molecule has 2 aliphatic heterocycles. The third kappa shape index (κ3) is 2.49. The summed E-state index contributed by atoms with van der Waals surface area (Å²) in [6, 6.07) is -0.294. The minimum absolute atomic E-state index is 0.0300. The molecule has 0 aromatic rings. The van der Waals surface area contributed by atoms with Gasteiger partial charge in [-0.3, -0.25) is 9.59 Å². The molecule has 2 heterocycles. The molecule has 2 saturated heterocycles. The van der Waals surface area contributed by atoms with Crippen molar-refractivity contribution < 1.29 is 14.3 Å². The first-order valence-corrected chi connectivity index (χ1v) is 7.30. The van der Waals surface area contributed by atoms with Crippen molar-refractivity contribution in [2.24, 2.45) is 0 Å². The number of thioether (sulfide) groups is 1. The van der Waals surface area contributed by atoms with Gasteiger partial charge in [-0.2, -0.15) is 0 Å². The van der Waals surface area contributed by atoms with E-state index < -0.39 is 0 Å². The number of ether oxygens (including phenoxy) is 1. The number of amides is 2. The van der Waals surface area contributed by atoms with E-state index in [1.807, 2.05) is 0 Å². The first-order chi connectivity index (χ1) is 8.58. The molecule has 18 heavy (non-hydrogen) atoms. The third-order valence-electron chi connectivity index (χ3n) is 3.57. The molecule has 2 amide bonds. The molecule has 1 N–H and O–H groups in total. The van der Waals surface area contributed by atoms with Crippen molar-refractivity contribution in [2.75, 3.05) is 26.0 Å². The zero-order chi connectivity index (χ0) is 13.2. The number of nitrogens with one attached hydrogen (secondary N) is 1. The van der Waals surface area contributed by atoms with Crippen molar-refractivity contribution in [2.45, 2.75) is 37.1 Å². The van der Waals surface area contributed by atoms with Crippen LogP contribution in [0.1, 0.15) is 26.2 Å². The highest BCUT2D eigenvalue weighted by Crippen LogP contribution is 2.47. The van der Waals surface area contributed by atoms with Crippen LogP contribution in [0.4, 0.5) is 0 Å². The van der Waals surface area contributed by atoms with Crippen molar-refractivity contribution in [1.82, 2.24) is 10.2 Å². The van der Waals surface area contributed by atoms with Crippen molar-refractivity contribution in [3.63, 3.8) is 0 Å². The average molecular weight is 272 g/mol. The second-order valence-corrected chi connectivity index (χ2v) is 6.40. The molecule has 0 aliphatic carbocycles. The molecule has 0 aromatic heterocycles. The highest BCUT2D eigenvalue weighted by Gasteiger charge is 2.52. The van der Waals surface area contributed by atoms with Crippen LogP contribution in [-0.2, 0) is 14.3 Å². The van der Waals surface area contributed by atoms with E-state index in [0.717, 1.165) is 12.8 Å². The van der Waals surface area contributed by atoms with Crippen molar-refractivity contribution in [1.29, 1.82) is 0 Å². The molecule has 6 heteroatoms. The zero-order valence-corrected chi connectivity index (χ0v) is 11.7.